The SMILES string of the molecule is COc1cc(Nc2nccc(-c3ccc(OC4CCOCC4)c(N)c3)n2)ccc1OCCOCCNC(=O)OC(C)(C)C. The van der Waals surface area contributed by atoms with Crippen molar-refractivity contribution >= 4 is 23.4 Å². The molecule has 0 unspecified atom stereocenters. The molecule has 43 heavy (non-hydrogen) atoms. The Balaban J connectivity index is 1.27. The third-order valence-corrected chi connectivity index (χ3v) is 6.24. The van der Waals surface area contributed by atoms with Crippen LogP contribution in [0.1, 0.15) is 33.6 Å². The van der Waals surface area contributed by atoms with Crippen LogP contribution in [0.4, 0.5) is 22.1 Å². The molecule has 0 aliphatic carbocycles. The Morgan fingerprint density at radius 1 is 1.02 bits per heavy atom. The second kappa shape index (κ2) is 15.3. The molecule has 0 atom stereocenters. The van der Waals surface area contributed by atoms with Crippen molar-refractivity contribution in [1.29, 1.82) is 0 Å². The van der Waals surface area contributed by atoms with E-state index in [-0.39, 0.29) is 6.10 Å². The fraction of sp³-hybridized carbons (Fsp3) is 0.452. The number of anilines is 3. The lowest BCUT2D eigenvalue weighted by molar-refractivity contribution is 0.0258. The normalized spacial score (nSPS) is 13.7. The molecular formula is C31H41N5O7. The van der Waals surface area contributed by atoms with Crippen LogP contribution in [0, 0.1) is 0 Å². The summed E-state index contributed by atoms with van der Waals surface area (Å²) in [6.07, 6.45) is 3.03. The molecule has 4 N–H and O–H groups in total. The van der Waals surface area contributed by atoms with E-state index in [4.69, 9.17) is 34.2 Å². The van der Waals surface area contributed by atoms with Crippen LogP contribution in [0.5, 0.6) is 17.2 Å². The second-order valence-corrected chi connectivity index (χ2v) is 10.8. The fourth-order valence-corrected chi connectivity index (χ4v) is 4.21. The maximum absolute atomic E-state index is 11.7. The highest BCUT2D eigenvalue weighted by atomic mass is 16.6. The number of carbonyl (C=O) groups excluding carboxylic acids is 1. The minimum absolute atomic E-state index is 0.110. The number of methoxy groups -OCH3 is 1. The van der Waals surface area contributed by atoms with Gasteiger partial charge >= 0.3 is 6.09 Å². The molecule has 0 saturated carbocycles. The van der Waals surface area contributed by atoms with E-state index in [1.807, 2.05) is 51.1 Å². The monoisotopic (exact) mass is 595 g/mol. The Bertz CT molecular complexity index is 1340. The molecule has 3 aromatic rings. The summed E-state index contributed by atoms with van der Waals surface area (Å²) in [5, 5.41) is 5.86. The molecule has 1 saturated heterocycles. The second-order valence-electron chi connectivity index (χ2n) is 10.8. The first-order valence-corrected chi connectivity index (χ1v) is 14.3. The Morgan fingerprint density at radius 2 is 1.81 bits per heavy atom. The van der Waals surface area contributed by atoms with Gasteiger partial charge in [0.15, 0.2) is 11.5 Å². The summed E-state index contributed by atoms with van der Waals surface area (Å²) < 4.78 is 33.5. The zero-order valence-corrected chi connectivity index (χ0v) is 25.2. The molecule has 4 rings (SSSR count). The molecule has 1 aliphatic rings. The van der Waals surface area contributed by atoms with Crippen molar-refractivity contribution in [3.63, 3.8) is 0 Å². The van der Waals surface area contributed by atoms with E-state index < -0.39 is 11.7 Å². The number of benzene rings is 2. The van der Waals surface area contributed by atoms with Crippen LogP contribution in [0.3, 0.4) is 0 Å². The van der Waals surface area contributed by atoms with Gasteiger partial charge in [-0.15, -0.1) is 0 Å². The molecule has 0 radical (unpaired) electrons. The number of hydrogen-bond donors (Lipinski definition) is 3. The Hall–Kier alpha value is -4.29. The highest BCUT2D eigenvalue weighted by molar-refractivity contribution is 5.69. The van der Waals surface area contributed by atoms with Crippen molar-refractivity contribution in [1.82, 2.24) is 15.3 Å². The predicted octanol–water partition coefficient (Wildman–Crippen LogP) is 4.96. The molecule has 12 heteroatoms. The topological polar surface area (TPSA) is 148 Å². The lowest BCUT2D eigenvalue weighted by Crippen LogP contribution is -2.34. The summed E-state index contributed by atoms with van der Waals surface area (Å²) >= 11 is 0. The summed E-state index contributed by atoms with van der Waals surface area (Å²) in [4.78, 5) is 20.7. The van der Waals surface area contributed by atoms with Crippen molar-refractivity contribution in [3.8, 4) is 28.5 Å². The number of ether oxygens (including phenoxy) is 6. The smallest absolute Gasteiger partial charge is 0.407 e. The van der Waals surface area contributed by atoms with Crippen molar-refractivity contribution in [2.45, 2.75) is 45.3 Å². The highest BCUT2D eigenvalue weighted by Gasteiger charge is 2.17. The lowest BCUT2D eigenvalue weighted by Gasteiger charge is -2.24. The number of rotatable bonds is 13. The van der Waals surface area contributed by atoms with Crippen LogP contribution in [0.25, 0.3) is 11.3 Å². The summed E-state index contributed by atoms with van der Waals surface area (Å²) in [6, 6.07) is 13.0. The Morgan fingerprint density at radius 3 is 2.56 bits per heavy atom. The number of nitrogens with one attached hydrogen (secondary N) is 2. The number of alkyl carbamates (subject to hydrolysis) is 1. The van der Waals surface area contributed by atoms with Gasteiger partial charge in [-0.05, 0) is 57.2 Å². The van der Waals surface area contributed by atoms with Gasteiger partial charge in [-0.3, -0.25) is 0 Å². The Labute approximate surface area is 252 Å². The third-order valence-electron chi connectivity index (χ3n) is 6.24. The van der Waals surface area contributed by atoms with E-state index in [9.17, 15) is 4.79 Å². The number of carbonyl (C=O) groups is 1. The first-order valence-electron chi connectivity index (χ1n) is 14.3. The largest absolute Gasteiger partial charge is 0.493 e. The first kappa shape index (κ1) is 31.6. The third kappa shape index (κ3) is 10.2. The van der Waals surface area contributed by atoms with Gasteiger partial charge < -0.3 is 44.8 Å². The molecule has 0 spiro atoms. The van der Waals surface area contributed by atoms with E-state index in [2.05, 4.69) is 20.6 Å². The molecular weight excluding hydrogens is 554 g/mol. The minimum atomic E-state index is -0.539. The molecule has 1 amide bonds. The number of aromatic nitrogens is 2. The number of nitrogens with two attached hydrogens (primary N) is 1. The van der Waals surface area contributed by atoms with Crippen LogP contribution >= 0.6 is 0 Å². The summed E-state index contributed by atoms with van der Waals surface area (Å²) in [5.74, 6) is 2.19. The van der Waals surface area contributed by atoms with Crippen LogP contribution in [0.15, 0.2) is 48.7 Å². The van der Waals surface area contributed by atoms with Gasteiger partial charge in [-0.25, -0.2) is 14.8 Å². The number of amides is 1. The van der Waals surface area contributed by atoms with Crippen LogP contribution in [0.2, 0.25) is 0 Å². The van der Waals surface area contributed by atoms with E-state index in [1.165, 1.54) is 0 Å². The molecule has 1 aliphatic heterocycles. The zero-order valence-electron chi connectivity index (χ0n) is 25.2. The van der Waals surface area contributed by atoms with Gasteiger partial charge in [-0.2, -0.15) is 0 Å². The van der Waals surface area contributed by atoms with Gasteiger partial charge in [0, 0.05) is 42.9 Å². The van der Waals surface area contributed by atoms with E-state index in [0.717, 1.165) is 29.8 Å². The van der Waals surface area contributed by atoms with Crippen LogP contribution < -0.4 is 30.6 Å². The van der Waals surface area contributed by atoms with Crippen LogP contribution in [-0.2, 0) is 14.2 Å². The standard InChI is InChI=1S/C31H41N5O7/c1-31(2,3)43-30(37)34-13-16-40-17-18-41-27-8-6-22(20-28(27)38-4)35-29-33-12-9-25(36-29)21-5-7-26(24(32)19-21)42-23-10-14-39-15-11-23/h5-9,12,19-20,23H,10-11,13-18,32H2,1-4H3,(H,34,37)(H,33,35,36). The maximum Gasteiger partial charge on any atom is 0.407 e. The van der Waals surface area contributed by atoms with Crippen molar-refractivity contribution in [2.75, 3.05) is 57.7 Å². The molecule has 0 bridgehead atoms. The van der Waals surface area contributed by atoms with E-state index in [0.29, 0.717) is 68.5 Å². The maximum atomic E-state index is 11.7. The lowest BCUT2D eigenvalue weighted by atomic mass is 10.1. The average molecular weight is 596 g/mol. The molecule has 1 aromatic heterocycles. The molecule has 2 aromatic carbocycles. The van der Waals surface area contributed by atoms with Gasteiger partial charge in [0.1, 0.15) is 24.1 Å². The van der Waals surface area contributed by atoms with E-state index >= 15 is 0 Å². The molecule has 232 valence electrons. The Kier molecular flexibility index (Phi) is 11.2. The molecule has 1 fully saturated rings. The van der Waals surface area contributed by atoms with Gasteiger partial charge in [-0.1, -0.05) is 0 Å². The summed E-state index contributed by atoms with van der Waals surface area (Å²) in [7, 11) is 1.57. The van der Waals surface area contributed by atoms with Crippen molar-refractivity contribution in [3.05, 3.63) is 48.7 Å². The van der Waals surface area contributed by atoms with Crippen LogP contribution in [-0.4, -0.2) is 74.5 Å². The van der Waals surface area contributed by atoms with Crippen molar-refractivity contribution in [2.24, 2.45) is 0 Å². The summed E-state index contributed by atoms with van der Waals surface area (Å²) in [5.41, 5.74) is 8.62. The first-order chi connectivity index (χ1) is 20.7. The minimum Gasteiger partial charge on any atom is -0.493 e. The highest BCUT2D eigenvalue weighted by Crippen LogP contribution is 2.32. The van der Waals surface area contributed by atoms with Gasteiger partial charge in [0.05, 0.1) is 44.9 Å². The number of nitrogen functional groups attached to an aromatic ring is 1. The van der Waals surface area contributed by atoms with Gasteiger partial charge in [0.2, 0.25) is 5.95 Å². The molecule has 12 nitrogen and oxygen atoms in total. The fourth-order valence-electron chi connectivity index (χ4n) is 4.21. The zero-order chi connectivity index (χ0) is 30.7. The summed E-state index contributed by atoms with van der Waals surface area (Å²) in [6.45, 7) is 8.16. The number of nitrogens with zero attached hydrogens (tertiary/aromatic N) is 2. The predicted molar refractivity (Wildman–Crippen MR) is 163 cm³/mol. The van der Waals surface area contributed by atoms with E-state index in [1.54, 1.807) is 25.4 Å². The number of hydrogen-bond acceptors (Lipinski definition) is 11. The molecule has 2 heterocycles. The quantitative estimate of drug-likeness (QED) is 0.182. The van der Waals surface area contributed by atoms with Gasteiger partial charge in [0.25, 0.3) is 0 Å². The van der Waals surface area contributed by atoms with Crippen molar-refractivity contribution < 1.29 is 33.2 Å². The average Bonchev–Trinajstić information content (AvgIpc) is 2.98.